The highest BCUT2D eigenvalue weighted by Crippen LogP contribution is 2.27. The number of halogens is 1. The smallest absolute Gasteiger partial charge is 0.101 e. The van der Waals surface area contributed by atoms with Gasteiger partial charge in [0.1, 0.15) is 6.07 Å². The Morgan fingerprint density at radius 3 is 2.85 bits per heavy atom. The first kappa shape index (κ1) is 15.2. The molecular weight excluding hydrogens is 270 g/mol. The first-order valence-corrected chi connectivity index (χ1v) is 7.68. The second-order valence-electron chi connectivity index (χ2n) is 5.53. The van der Waals surface area contributed by atoms with Gasteiger partial charge in [0.15, 0.2) is 0 Å². The third-order valence-corrected chi connectivity index (χ3v) is 4.28. The van der Waals surface area contributed by atoms with E-state index in [9.17, 15) is 0 Å². The lowest BCUT2D eigenvalue weighted by Crippen LogP contribution is -2.38. The number of unbranched alkanes of at least 4 members (excludes halogenated alkanes) is 1. The molecule has 0 bridgehead atoms. The summed E-state index contributed by atoms with van der Waals surface area (Å²) < 4.78 is 0. The SMILES string of the molecule is CCCCN(c1ccc(C#N)c(Cl)c1)[C@H]1CCN(C)C1. The Bertz CT molecular complexity index is 495. The van der Waals surface area contributed by atoms with Crippen LogP contribution in [0, 0.1) is 11.3 Å². The minimum atomic E-state index is 0.550. The van der Waals surface area contributed by atoms with Gasteiger partial charge in [-0.05, 0) is 44.6 Å². The lowest BCUT2D eigenvalue weighted by molar-refractivity contribution is 0.407. The third kappa shape index (κ3) is 3.45. The van der Waals surface area contributed by atoms with Crippen LogP contribution >= 0.6 is 11.6 Å². The molecule has 0 aromatic heterocycles. The Balaban J connectivity index is 2.22. The monoisotopic (exact) mass is 291 g/mol. The van der Waals surface area contributed by atoms with E-state index in [1.54, 1.807) is 0 Å². The van der Waals surface area contributed by atoms with Gasteiger partial charge in [-0.2, -0.15) is 5.26 Å². The molecule has 1 saturated heterocycles. The summed E-state index contributed by atoms with van der Waals surface area (Å²) in [7, 11) is 2.17. The van der Waals surface area contributed by atoms with E-state index in [2.05, 4.69) is 29.8 Å². The zero-order valence-electron chi connectivity index (χ0n) is 12.3. The molecule has 0 N–H and O–H groups in total. The number of likely N-dealkylation sites (tertiary alicyclic amines) is 1. The maximum Gasteiger partial charge on any atom is 0.101 e. The van der Waals surface area contributed by atoms with Crippen LogP contribution in [0.4, 0.5) is 5.69 Å². The molecule has 0 radical (unpaired) electrons. The van der Waals surface area contributed by atoms with E-state index in [4.69, 9.17) is 16.9 Å². The Hall–Kier alpha value is -1.24. The van der Waals surface area contributed by atoms with Gasteiger partial charge in [-0.1, -0.05) is 24.9 Å². The Morgan fingerprint density at radius 1 is 1.50 bits per heavy atom. The standard InChI is InChI=1S/C16H22ClN3/c1-3-4-8-20(15-7-9-19(2)12-15)14-6-5-13(11-18)16(17)10-14/h5-6,10,15H,3-4,7-9,12H2,1-2H3/t15-/m0/s1. The fourth-order valence-corrected chi connectivity index (χ4v) is 3.01. The molecule has 108 valence electrons. The van der Waals surface area contributed by atoms with E-state index in [1.165, 1.54) is 19.3 Å². The average Bonchev–Trinajstić information content (AvgIpc) is 2.86. The zero-order chi connectivity index (χ0) is 14.5. The summed E-state index contributed by atoms with van der Waals surface area (Å²) >= 11 is 6.18. The van der Waals surface area contributed by atoms with Crippen LogP contribution in [-0.2, 0) is 0 Å². The maximum absolute atomic E-state index is 8.98. The first-order chi connectivity index (χ1) is 9.65. The molecule has 1 aliphatic rings. The predicted molar refractivity (Wildman–Crippen MR) is 84.3 cm³/mol. The van der Waals surface area contributed by atoms with Crippen molar-refractivity contribution in [3.8, 4) is 6.07 Å². The molecule has 1 heterocycles. The second-order valence-corrected chi connectivity index (χ2v) is 5.93. The van der Waals surface area contributed by atoms with Gasteiger partial charge in [0.05, 0.1) is 10.6 Å². The van der Waals surface area contributed by atoms with Crippen molar-refractivity contribution in [3.05, 3.63) is 28.8 Å². The lowest BCUT2D eigenvalue weighted by atomic mass is 10.1. The van der Waals surface area contributed by atoms with Crippen LogP contribution in [0.3, 0.4) is 0 Å². The van der Waals surface area contributed by atoms with Crippen LogP contribution in [0.1, 0.15) is 31.7 Å². The maximum atomic E-state index is 8.98. The van der Waals surface area contributed by atoms with E-state index < -0.39 is 0 Å². The molecule has 0 spiro atoms. The van der Waals surface area contributed by atoms with Crippen molar-refractivity contribution in [2.75, 3.05) is 31.6 Å². The number of nitriles is 1. The summed E-state index contributed by atoms with van der Waals surface area (Å²) in [4.78, 5) is 4.83. The number of hydrogen-bond acceptors (Lipinski definition) is 3. The molecule has 1 aliphatic heterocycles. The number of hydrogen-bond donors (Lipinski definition) is 0. The van der Waals surface area contributed by atoms with Gasteiger partial charge >= 0.3 is 0 Å². The summed E-state index contributed by atoms with van der Waals surface area (Å²) in [6.07, 6.45) is 3.55. The number of likely N-dealkylation sites (N-methyl/N-ethyl adjacent to an activating group) is 1. The number of benzene rings is 1. The third-order valence-electron chi connectivity index (χ3n) is 3.96. The summed E-state index contributed by atoms with van der Waals surface area (Å²) in [5.74, 6) is 0. The summed E-state index contributed by atoms with van der Waals surface area (Å²) in [6, 6.07) is 8.47. The molecule has 4 heteroatoms. The van der Waals surface area contributed by atoms with E-state index in [0.29, 0.717) is 16.6 Å². The molecule has 1 aromatic rings. The topological polar surface area (TPSA) is 30.3 Å². The Kier molecular flexibility index (Phi) is 5.28. The first-order valence-electron chi connectivity index (χ1n) is 7.30. The predicted octanol–water partition coefficient (Wildman–Crippen LogP) is 3.52. The Morgan fingerprint density at radius 2 is 2.30 bits per heavy atom. The lowest BCUT2D eigenvalue weighted by Gasteiger charge is -2.31. The molecule has 0 aliphatic carbocycles. The fraction of sp³-hybridized carbons (Fsp3) is 0.562. The highest BCUT2D eigenvalue weighted by atomic mass is 35.5. The van der Waals surface area contributed by atoms with Gasteiger partial charge in [0, 0.05) is 24.8 Å². The molecule has 3 nitrogen and oxygen atoms in total. The second kappa shape index (κ2) is 6.97. The van der Waals surface area contributed by atoms with Crippen molar-refractivity contribution in [2.45, 2.75) is 32.2 Å². The van der Waals surface area contributed by atoms with E-state index >= 15 is 0 Å². The van der Waals surface area contributed by atoms with Crippen LogP contribution in [0.15, 0.2) is 18.2 Å². The quantitative estimate of drug-likeness (QED) is 0.831. The highest BCUT2D eigenvalue weighted by Gasteiger charge is 2.25. The van der Waals surface area contributed by atoms with Crippen LogP contribution < -0.4 is 4.90 Å². The van der Waals surface area contributed by atoms with Crippen LogP contribution in [-0.4, -0.2) is 37.6 Å². The Labute approximate surface area is 126 Å². The fourth-order valence-electron chi connectivity index (χ4n) is 2.79. The molecule has 1 atom stereocenters. The van der Waals surface area contributed by atoms with E-state index in [1.807, 2.05) is 18.2 Å². The van der Waals surface area contributed by atoms with Crippen molar-refractivity contribution >= 4 is 17.3 Å². The molecular formula is C16H22ClN3. The largest absolute Gasteiger partial charge is 0.367 e. The number of anilines is 1. The molecule has 20 heavy (non-hydrogen) atoms. The van der Waals surface area contributed by atoms with E-state index in [0.717, 1.165) is 25.3 Å². The molecule has 1 fully saturated rings. The van der Waals surface area contributed by atoms with Gasteiger partial charge in [-0.25, -0.2) is 0 Å². The van der Waals surface area contributed by atoms with Gasteiger partial charge in [0.25, 0.3) is 0 Å². The molecule has 0 saturated carbocycles. The normalized spacial score (nSPS) is 19.0. The molecule has 0 amide bonds. The summed E-state index contributed by atoms with van der Waals surface area (Å²) in [5.41, 5.74) is 1.69. The van der Waals surface area contributed by atoms with Gasteiger partial charge in [-0.3, -0.25) is 0 Å². The van der Waals surface area contributed by atoms with Crippen molar-refractivity contribution < 1.29 is 0 Å². The van der Waals surface area contributed by atoms with Crippen LogP contribution in [0.25, 0.3) is 0 Å². The number of rotatable bonds is 5. The highest BCUT2D eigenvalue weighted by molar-refractivity contribution is 6.32. The van der Waals surface area contributed by atoms with Crippen molar-refractivity contribution in [3.63, 3.8) is 0 Å². The van der Waals surface area contributed by atoms with E-state index in [-0.39, 0.29) is 0 Å². The van der Waals surface area contributed by atoms with Gasteiger partial charge < -0.3 is 9.80 Å². The minimum absolute atomic E-state index is 0.550. The molecule has 1 aromatic carbocycles. The summed E-state index contributed by atoms with van der Waals surface area (Å²) in [5, 5.41) is 9.53. The van der Waals surface area contributed by atoms with Crippen LogP contribution in [0.2, 0.25) is 5.02 Å². The van der Waals surface area contributed by atoms with Crippen molar-refractivity contribution in [1.29, 1.82) is 5.26 Å². The number of nitrogens with zero attached hydrogens (tertiary/aromatic N) is 3. The van der Waals surface area contributed by atoms with Crippen LogP contribution in [0.5, 0.6) is 0 Å². The molecule has 0 unspecified atom stereocenters. The zero-order valence-corrected chi connectivity index (χ0v) is 13.0. The minimum Gasteiger partial charge on any atom is -0.367 e. The summed E-state index contributed by atoms with van der Waals surface area (Å²) in [6.45, 7) is 5.51. The van der Waals surface area contributed by atoms with Crippen molar-refractivity contribution in [2.24, 2.45) is 0 Å². The average molecular weight is 292 g/mol. The van der Waals surface area contributed by atoms with Gasteiger partial charge in [-0.15, -0.1) is 0 Å². The van der Waals surface area contributed by atoms with Crippen molar-refractivity contribution in [1.82, 2.24) is 4.90 Å². The molecule has 2 rings (SSSR count). The van der Waals surface area contributed by atoms with Gasteiger partial charge in [0.2, 0.25) is 0 Å².